The van der Waals surface area contributed by atoms with E-state index in [4.69, 9.17) is 4.42 Å². The quantitative estimate of drug-likeness (QED) is 0.460. The Balaban J connectivity index is 1.53. The van der Waals surface area contributed by atoms with E-state index >= 15 is 0 Å². The van der Waals surface area contributed by atoms with Crippen molar-refractivity contribution >= 4 is 21.8 Å². The molecule has 0 fully saturated rings. The van der Waals surface area contributed by atoms with Gasteiger partial charge in [-0.1, -0.05) is 0 Å². The van der Waals surface area contributed by atoms with Crippen molar-refractivity contribution < 1.29 is 4.42 Å². The normalized spacial score (nSPS) is 11.4. The zero-order valence-corrected chi connectivity index (χ0v) is 15.1. The molecule has 29 heavy (non-hydrogen) atoms. The van der Waals surface area contributed by atoms with Crippen LogP contribution < -0.4 is 0 Å². The second-order valence-corrected chi connectivity index (χ2v) is 6.77. The second-order valence-electron chi connectivity index (χ2n) is 6.77. The van der Waals surface area contributed by atoms with Crippen LogP contribution >= 0.6 is 0 Å². The highest BCUT2D eigenvalue weighted by molar-refractivity contribution is 6.00. The molecule has 2 N–H and O–H groups in total. The van der Waals surface area contributed by atoms with Crippen LogP contribution in [0.3, 0.4) is 0 Å². The van der Waals surface area contributed by atoms with Crippen molar-refractivity contribution in [2.75, 3.05) is 0 Å². The highest BCUT2D eigenvalue weighted by atomic mass is 16.3. The third kappa shape index (κ3) is 2.52. The lowest BCUT2D eigenvalue weighted by Gasteiger charge is -2.00. The van der Waals surface area contributed by atoms with Gasteiger partial charge in [-0.25, -0.2) is 0 Å². The van der Waals surface area contributed by atoms with Crippen LogP contribution in [0.25, 0.3) is 55.6 Å². The van der Waals surface area contributed by atoms with Crippen LogP contribution in [0, 0.1) is 0 Å². The van der Waals surface area contributed by atoms with Crippen molar-refractivity contribution in [1.29, 1.82) is 0 Å². The topological polar surface area (TPSA) is 96.3 Å². The molecule has 0 amide bonds. The molecule has 6 aromatic heterocycles. The van der Waals surface area contributed by atoms with Crippen LogP contribution in [0.15, 0.2) is 78.3 Å². The molecule has 0 radical (unpaired) electrons. The van der Waals surface area contributed by atoms with Gasteiger partial charge in [0.05, 0.1) is 47.3 Å². The summed E-state index contributed by atoms with van der Waals surface area (Å²) in [6.45, 7) is 0. The largest absolute Gasteiger partial charge is 0.472 e. The summed E-state index contributed by atoms with van der Waals surface area (Å²) in [7, 11) is 0. The standard InChI is InChI=1S/C22H14N6O/c1-4-23-5-2-13(1)18-8-16-21(11-25-18)27-28-22(16)19-7-15-17(14-3-6-29-12-14)9-24-10-20(15)26-19/h1-12,26H,(H,27,28). The molecule has 138 valence electrons. The van der Waals surface area contributed by atoms with Gasteiger partial charge in [-0.2, -0.15) is 5.10 Å². The Morgan fingerprint density at radius 3 is 2.62 bits per heavy atom. The SMILES string of the molecule is c1cc(-c2cc3c(-c4cc5c(-c6ccoc6)cncc5[nH]4)n[nH]c3cn2)ccn1. The van der Waals surface area contributed by atoms with Crippen LogP contribution in [-0.2, 0) is 0 Å². The average Bonchev–Trinajstić information content (AvgIpc) is 3.52. The highest BCUT2D eigenvalue weighted by Crippen LogP contribution is 2.34. The molecule has 0 aromatic carbocycles. The molecule has 0 bridgehead atoms. The Morgan fingerprint density at radius 2 is 1.76 bits per heavy atom. The lowest BCUT2D eigenvalue weighted by Crippen LogP contribution is -1.84. The van der Waals surface area contributed by atoms with Crippen LogP contribution in [-0.4, -0.2) is 30.1 Å². The summed E-state index contributed by atoms with van der Waals surface area (Å²) in [5, 5.41) is 9.68. The first kappa shape index (κ1) is 15.8. The van der Waals surface area contributed by atoms with Gasteiger partial charge in [0.15, 0.2) is 0 Å². The van der Waals surface area contributed by atoms with E-state index in [0.29, 0.717) is 0 Å². The van der Waals surface area contributed by atoms with E-state index in [1.807, 2.05) is 42.9 Å². The van der Waals surface area contributed by atoms with E-state index in [9.17, 15) is 0 Å². The van der Waals surface area contributed by atoms with Gasteiger partial charge in [0.25, 0.3) is 0 Å². The fourth-order valence-electron chi connectivity index (χ4n) is 3.63. The van der Waals surface area contributed by atoms with Gasteiger partial charge in [0.2, 0.25) is 0 Å². The van der Waals surface area contributed by atoms with Crippen LogP contribution in [0.5, 0.6) is 0 Å². The first-order chi connectivity index (χ1) is 14.4. The van der Waals surface area contributed by atoms with E-state index in [1.165, 1.54) is 0 Å². The second kappa shape index (κ2) is 6.13. The minimum atomic E-state index is 0.840. The predicted molar refractivity (Wildman–Crippen MR) is 110 cm³/mol. The number of aromatic nitrogens is 6. The number of aromatic amines is 2. The molecule has 6 heterocycles. The minimum absolute atomic E-state index is 0.840. The third-order valence-electron chi connectivity index (χ3n) is 5.06. The number of H-pyrrole nitrogens is 2. The summed E-state index contributed by atoms with van der Waals surface area (Å²) in [5.41, 5.74) is 7.46. The maximum Gasteiger partial charge on any atom is 0.116 e. The molecule has 0 aliphatic rings. The first-order valence-corrected chi connectivity index (χ1v) is 9.11. The molecular formula is C22H14N6O. The fourth-order valence-corrected chi connectivity index (χ4v) is 3.63. The van der Waals surface area contributed by atoms with Crippen LogP contribution in [0.4, 0.5) is 0 Å². The molecular weight excluding hydrogens is 364 g/mol. The van der Waals surface area contributed by atoms with Crippen LogP contribution in [0.1, 0.15) is 0 Å². The van der Waals surface area contributed by atoms with E-state index in [-0.39, 0.29) is 0 Å². The van der Waals surface area contributed by atoms with Crippen molar-refractivity contribution in [3.63, 3.8) is 0 Å². The Bertz CT molecular complexity index is 1450. The summed E-state index contributed by atoms with van der Waals surface area (Å²) in [6, 6.07) is 9.96. The van der Waals surface area contributed by atoms with Crippen molar-refractivity contribution in [2.45, 2.75) is 0 Å². The fraction of sp³-hybridized carbons (Fsp3) is 0. The Hall–Kier alpha value is -4.26. The van der Waals surface area contributed by atoms with Gasteiger partial charge in [-0.05, 0) is 30.3 Å². The minimum Gasteiger partial charge on any atom is -0.472 e. The van der Waals surface area contributed by atoms with Crippen LogP contribution in [0.2, 0.25) is 0 Å². The van der Waals surface area contributed by atoms with Gasteiger partial charge in [0, 0.05) is 46.1 Å². The van der Waals surface area contributed by atoms with Gasteiger partial charge in [0.1, 0.15) is 5.69 Å². The van der Waals surface area contributed by atoms with Gasteiger partial charge in [-0.3, -0.25) is 20.1 Å². The Morgan fingerprint density at radius 1 is 0.828 bits per heavy atom. The first-order valence-electron chi connectivity index (χ1n) is 9.11. The molecule has 6 rings (SSSR count). The number of nitrogens with zero attached hydrogens (tertiary/aromatic N) is 4. The number of pyridine rings is 3. The van der Waals surface area contributed by atoms with Crippen molar-refractivity contribution in [2.24, 2.45) is 0 Å². The zero-order chi connectivity index (χ0) is 19.2. The summed E-state index contributed by atoms with van der Waals surface area (Å²) < 4.78 is 5.24. The number of fused-ring (bicyclic) bond motifs is 2. The number of rotatable bonds is 3. The maximum atomic E-state index is 5.24. The molecule has 0 aliphatic carbocycles. The summed E-state index contributed by atoms with van der Waals surface area (Å²) >= 11 is 0. The van der Waals surface area contributed by atoms with E-state index in [1.54, 1.807) is 24.9 Å². The average molecular weight is 378 g/mol. The summed E-state index contributed by atoms with van der Waals surface area (Å²) in [6.07, 6.45) is 12.4. The van der Waals surface area contributed by atoms with Crippen molar-refractivity contribution in [3.05, 3.63) is 73.8 Å². The smallest absolute Gasteiger partial charge is 0.116 e. The van der Waals surface area contributed by atoms with Gasteiger partial charge < -0.3 is 9.40 Å². The number of furan rings is 1. The predicted octanol–water partition coefficient (Wildman–Crippen LogP) is 4.82. The number of hydrogen-bond donors (Lipinski definition) is 2. The molecule has 6 aromatic rings. The molecule has 0 spiro atoms. The lowest BCUT2D eigenvalue weighted by molar-refractivity contribution is 0.568. The number of hydrogen-bond acceptors (Lipinski definition) is 5. The molecule has 7 heteroatoms. The molecule has 0 atom stereocenters. The molecule has 0 saturated carbocycles. The van der Waals surface area contributed by atoms with Gasteiger partial charge >= 0.3 is 0 Å². The molecule has 0 aliphatic heterocycles. The third-order valence-corrected chi connectivity index (χ3v) is 5.06. The van der Waals surface area contributed by atoms with E-state index in [0.717, 1.165) is 55.6 Å². The maximum absolute atomic E-state index is 5.24. The van der Waals surface area contributed by atoms with E-state index < -0.39 is 0 Å². The molecule has 0 saturated heterocycles. The lowest BCUT2D eigenvalue weighted by atomic mass is 10.1. The van der Waals surface area contributed by atoms with Gasteiger partial charge in [-0.15, -0.1) is 0 Å². The summed E-state index contributed by atoms with van der Waals surface area (Å²) in [4.78, 5) is 16.4. The number of nitrogens with one attached hydrogen (secondary N) is 2. The highest BCUT2D eigenvalue weighted by Gasteiger charge is 2.15. The summed E-state index contributed by atoms with van der Waals surface area (Å²) in [5.74, 6) is 0. The molecule has 0 unspecified atom stereocenters. The Kier molecular flexibility index (Phi) is 3.33. The van der Waals surface area contributed by atoms with Crippen molar-refractivity contribution in [3.8, 4) is 33.8 Å². The monoisotopic (exact) mass is 378 g/mol. The molecule has 7 nitrogen and oxygen atoms in total. The van der Waals surface area contributed by atoms with E-state index in [2.05, 4.69) is 36.2 Å². The van der Waals surface area contributed by atoms with Crippen molar-refractivity contribution in [1.82, 2.24) is 30.1 Å². The zero-order valence-electron chi connectivity index (χ0n) is 15.1. The Labute approximate surface area is 164 Å².